The second-order valence-corrected chi connectivity index (χ2v) is 11.3. The molecular weight excluding hydrogens is 566 g/mol. The summed E-state index contributed by atoms with van der Waals surface area (Å²) in [6, 6.07) is 37.3. The van der Waals surface area contributed by atoms with E-state index in [1.165, 1.54) is 58.8 Å². The number of hydrogen-bond acceptors (Lipinski definition) is 1. The Hall–Kier alpha value is -2.92. The molecule has 0 spiro atoms. The van der Waals surface area contributed by atoms with Crippen LogP contribution in [0.2, 0.25) is 0 Å². The fourth-order valence-electron chi connectivity index (χ4n) is 4.99. The third-order valence-electron chi connectivity index (χ3n) is 6.51. The van der Waals surface area contributed by atoms with E-state index in [4.69, 9.17) is 0 Å². The van der Waals surface area contributed by atoms with Crippen LogP contribution in [-0.4, -0.2) is 4.57 Å². The van der Waals surface area contributed by atoms with Crippen molar-refractivity contribution in [2.75, 3.05) is 0 Å². The van der Waals surface area contributed by atoms with Gasteiger partial charge in [0, 0.05) is 45.6 Å². The molecule has 0 aliphatic carbocycles. The van der Waals surface area contributed by atoms with Crippen molar-refractivity contribution in [3.8, 4) is 16.8 Å². The minimum absolute atomic E-state index is 1.09. The molecular formula is C30H17Br2NS. The molecule has 0 N–H and O–H groups in total. The first kappa shape index (κ1) is 20.5. The van der Waals surface area contributed by atoms with Crippen LogP contribution in [0.3, 0.4) is 0 Å². The number of hydrogen-bond donors (Lipinski definition) is 0. The number of rotatable bonds is 2. The zero-order chi connectivity index (χ0) is 22.8. The van der Waals surface area contributed by atoms with Crippen LogP contribution in [0.5, 0.6) is 0 Å². The predicted molar refractivity (Wildman–Crippen MR) is 155 cm³/mol. The van der Waals surface area contributed by atoms with E-state index in [2.05, 4.69) is 140 Å². The van der Waals surface area contributed by atoms with Crippen molar-refractivity contribution in [1.29, 1.82) is 0 Å². The van der Waals surface area contributed by atoms with Gasteiger partial charge < -0.3 is 4.57 Å². The molecule has 2 aromatic heterocycles. The summed E-state index contributed by atoms with van der Waals surface area (Å²) in [7, 11) is 0. The zero-order valence-corrected chi connectivity index (χ0v) is 21.9. The first-order valence-electron chi connectivity index (χ1n) is 11.1. The van der Waals surface area contributed by atoms with Gasteiger partial charge in [0.15, 0.2) is 0 Å². The standard InChI is InChI=1S/C30H17Br2NS/c31-20-16-25-24-14-18(11-13-29(24)34-30(25)26(32)17-20)19-10-12-23-22-8-4-5-9-27(22)33(28(23)15-19)21-6-2-1-3-7-21/h1-17H. The molecule has 0 unspecified atom stereocenters. The summed E-state index contributed by atoms with van der Waals surface area (Å²) in [5.41, 5.74) is 6.10. The smallest absolute Gasteiger partial charge is 0.0547 e. The van der Waals surface area contributed by atoms with E-state index >= 15 is 0 Å². The van der Waals surface area contributed by atoms with Gasteiger partial charge in [0.2, 0.25) is 0 Å². The molecule has 0 radical (unpaired) electrons. The molecule has 34 heavy (non-hydrogen) atoms. The topological polar surface area (TPSA) is 4.93 Å². The van der Waals surface area contributed by atoms with Gasteiger partial charge in [0.05, 0.1) is 11.0 Å². The molecule has 0 saturated heterocycles. The van der Waals surface area contributed by atoms with E-state index in [-0.39, 0.29) is 0 Å². The van der Waals surface area contributed by atoms with Crippen LogP contribution < -0.4 is 0 Å². The number of thiophene rings is 1. The molecule has 2 heterocycles. The van der Waals surface area contributed by atoms with Crippen molar-refractivity contribution in [3.63, 3.8) is 0 Å². The molecule has 5 aromatic carbocycles. The van der Waals surface area contributed by atoms with Crippen LogP contribution in [0.1, 0.15) is 0 Å². The van der Waals surface area contributed by atoms with Gasteiger partial charge in [0.25, 0.3) is 0 Å². The quantitative estimate of drug-likeness (QED) is 0.191. The maximum absolute atomic E-state index is 3.74. The third-order valence-corrected chi connectivity index (χ3v) is 9.08. The van der Waals surface area contributed by atoms with Crippen molar-refractivity contribution in [2.24, 2.45) is 0 Å². The molecule has 0 saturated carbocycles. The average Bonchev–Trinajstić information content (AvgIpc) is 3.40. The Balaban J connectivity index is 1.50. The van der Waals surface area contributed by atoms with E-state index in [1.54, 1.807) is 0 Å². The van der Waals surface area contributed by atoms with E-state index in [0.29, 0.717) is 0 Å². The molecule has 7 rings (SSSR count). The molecule has 1 nitrogen and oxygen atoms in total. The highest BCUT2D eigenvalue weighted by molar-refractivity contribution is 9.11. The normalized spacial score (nSPS) is 11.8. The second-order valence-electron chi connectivity index (χ2n) is 8.50. The first-order valence-corrected chi connectivity index (χ1v) is 13.5. The first-order chi connectivity index (χ1) is 16.7. The number of aromatic nitrogens is 1. The molecule has 0 aliphatic rings. The Morgan fingerprint density at radius 2 is 1.29 bits per heavy atom. The molecule has 0 atom stereocenters. The van der Waals surface area contributed by atoms with Gasteiger partial charge in [-0.1, -0.05) is 70.5 Å². The molecule has 162 valence electrons. The van der Waals surface area contributed by atoms with Crippen molar-refractivity contribution in [3.05, 3.63) is 112 Å². The van der Waals surface area contributed by atoms with Crippen molar-refractivity contribution >= 4 is 85.2 Å². The number of para-hydroxylation sites is 2. The second kappa shape index (κ2) is 7.81. The van der Waals surface area contributed by atoms with Crippen molar-refractivity contribution in [1.82, 2.24) is 4.57 Å². The molecule has 4 heteroatoms. The van der Waals surface area contributed by atoms with Crippen LogP contribution in [0, 0.1) is 0 Å². The number of fused-ring (bicyclic) bond motifs is 6. The van der Waals surface area contributed by atoms with Crippen LogP contribution in [0.4, 0.5) is 0 Å². The van der Waals surface area contributed by atoms with E-state index in [1.807, 2.05) is 11.3 Å². The highest BCUT2D eigenvalue weighted by Gasteiger charge is 2.14. The molecule has 0 fully saturated rings. The summed E-state index contributed by atoms with van der Waals surface area (Å²) < 4.78 is 7.19. The fraction of sp³-hybridized carbons (Fsp3) is 0. The van der Waals surface area contributed by atoms with Gasteiger partial charge >= 0.3 is 0 Å². The lowest BCUT2D eigenvalue weighted by Gasteiger charge is -2.09. The number of nitrogens with zero attached hydrogens (tertiary/aromatic N) is 1. The lowest BCUT2D eigenvalue weighted by Crippen LogP contribution is -1.93. The molecule has 0 amide bonds. The lowest BCUT2D eigenvalue weighted by molar-refractivity contribution is 1.18. The van der Waals surface area contributed by atoms with Crippen LogP contribution >= 0.6 is 43.2 Å². The molecule has 0 aliphatic heterocycles. The number of benzene rings is 5. The van der Waals surface area contributed by atoms with Crippen LogP contribution in [0.15, 0.2) is 112 Å². The van der Waals surface area contributed by atoms with E-state index in [9.17, 15) is 0 Å². The average molecular weight is 583 g/mol. The summed E-state index contributed by atoms with van der Waals surface area (Å²) in [5, 5.41) is 5.13. The van der Waals surface area contributed by atoms with Gasteiger partial charge in [-0.3, -0.25) is 0 Å². The Morgan fingerprint density at radius 1 is 0.559 bits per heavy atom. The summed E-state index contributed by atoms with van der Waals surface area (Å²) in [4.78, 5) is 0. The van der Waals surface area contributed by atoms with Crippen LogP contribution in [0.25, 0.3) is 58.8 Å². The SMILES string of the molecule is Brc1cc(Br)c2sc3ccc(-c4ccc5c6ccccc6n(-c6ccccc6)c5c4)cc3c2c1. The van der Waals surface area contributed by atoms with E-state index in [0.717, 1.165) is 8.95 Å². The van der Waals surface area contributed by atoms with Crippen molar-refractivity contribution in [2.45, 2.75) is 0 Å². The fourth-order valence-corrected chi connectivity index (χ4v) is 7.53. The summed E-state index contributed by atoms with van der Waals surface area (Å²) in [6.45, 7) is 0. The predicted octanol–water partition coefficient (Wildman–Crippen LogP) is 10.3. The Morgan fingerprint density at radius 3 is 2.18 bits per heavy atom. The Labute approximate surface area is 217 Å². The largest absolute Gasteiger partial charge is 0.309 e. The summed E-state index contributed by atoms with van der Waals surface area (Å²) >= 11 is 9.24. The maximum Gasteiger partial charge on any atom is 0.0547 e. The van der Waals surface area contributed by atoms with Crippen molar-refractivity contribution < 1.29 is 0 Å². The zero-order valence-electron chi connectivity index (χ0n) is 17.9. The number of halogens is 2. The Bertz CT molecular complexity index is 1880. The highest BCUT2D eigenvalue weighted by atomic mass is 79.9. The molecule has 0 bridgehead atoms. The minimum Gasteiger partial charge on any atom is -0.309 e. The van der Waals surface area contributed by atoms with Gasteiger partial charge in [-0.25, -0.2) is 0 Å². The third kappa shape index (κ3) is 3.09. The summed E-state index contributed by atoms with van der Waals surface area (Å²) in [6.07, 6.45) is 0. The van der Waals surface area contributed by atoms with Crippen LogP contribution in [-0.2, 0) is 0 Å². The van der Waals surface area contributed by atoms with Gasteiger partial charge in [-0.2, -0.15) is 0 Å². The van der Waals surface area contributed by atoms with E-state index < -0.39 is 0 Å². The Kier molecular flexibility index (Phi) is 4.70. The summed E-state index contributed by atoms with van der Waals surface area (Å²) in [5.74, 6) is 0. The lowest BCUT2D eigenvalue weighted by atomic mass is 10.0. The highest BCUT2D eigenvalue weighted by Crippen LogP contribution is 2.42. The minimum atomic E-state index is 1.09. The van der Waals surface area contributed by atoms with Gasteiger partial charge in [0.1, 0.15) is 0 Å². The maximum atomic E-state index is 3.74. The monoisotopic (exact) mass is 581 g/mol. The van der Waals surface area contributed by atoms with Gasteiger partial charge in [-0.15, -0.1) is 11.3 Å². The molecule has 7 aromatic rings. The van der Waals surface area contributed by atoms with Gasteiger partial charge in [-0.05, 0) is 75.6 Å².